The summed E-state index contributed by atoms with van der Waals surface area (Å²) in [7, 11) is 1.58. The van der Waals surface area contributed by atoms with Crippen LogP contribution >= 0.6 is 0 Å². The largest absolute Gasteiger partial charge is 0.468 e. The van der Waals surface area contributed by atoms with E-state index in [2.05, 4.69) is 15.3 Å². The Morgan fingerprint density at radius 3 is 2.53 bits per heavy atom. The number of anilines is 1. The number of benzene rings is 2. The highest BCUT2D eigenvalue weighted by molar-refractivity contribution is 5.90. The Bertz CT molecular complexity index is 1240. The molecule has 0 atom stereocenters. The number of aryl methyl sites for hydroxylation is 1. The van der Waals surface area contributed by atoms with Crippen molar-refractivity contribution in [3.8, 4) is 5.75 Å². The first-order valence-electron chi connectivity index (χ1n) is 10.1. The number of methoxy groups -OCH3 is 1. The molecule has 8 nitrogen and oxygen atoms in total. The average Bonchev–Trinajstić information content (AvgIpc) is 2.82. The Balaban J connectivity index is 1.58. The lowest BCUT2D eigenvalue weighted by atomic mass is 10.2. The molecule has 0 saturated heterocycles. The van der Waals surface area contributed by atoms with E-state index in [1.807, 2.05) is 61.5 Å². The summed E-state index contributed by atoms with van der Waals surface area (Å²) in [5.74, 6) is 0.725. The molecule has 0 fully saturated rings. The average molecular weight is 432 g/mol. The van der Waals surface area contributed by atoms with E-state index in [0.29, 0.717) is 17.9 Å². The Morgan fingerprint density at radius 2 is 1.78 bits per heavy atom. The van der Waals surface area contributed by atoms with Crippen LogP contribution in [-0.2, 0) is 17.9 Å². The maximum Gasteiger partial charge on any atom is 0.287 e. The number of hydrogen-bond acceptors (Lipinski definition) is 7. The molecule has 32 heavy (non-hydrogen) atoms. The SMILES string of the molecule is COCOc1ccc(CNc2cc(=O)n(OCc3ccccc3)c3ncnc(C)c23)cc1. The van der Waals surface area contributed by atoms with Crippen molar-refractivity contribution in [2.45, 2.75) is 20.1 Å². The zero-order chi connectivity index (χ0) is 22.3. The van der Waals surface area contributed by atoms with Crippen molar-refractivity contribution in [3.63, 3.8) is 0 Å². The number of fused-ring (bicyclic) bond motifs is 1. The fourth-order valence-electron chi connectivity index (χ4n) is 3.29. The maximum absolute atomic E-state index is 12.9. The summed E-state index contributed by atoms with van der Waals surface area (Å²) < 4.78 is 11.5. The van der Waals surface area contributed by atoms with Crippen LogP contribution in [-0.4, -0.2) is 28.6 Å². The van der Waals surface area contributed by atoms with Crippen LogP contribution in [0.4, 0.5) is 5.69 Å². The van der Waals surface area contributed by atoms with Gasteiger partial charge in [0.15, 0.2) is 12.4 Å². The molecular weight excluding hydrogens is 408 g/mol. The molecule has 0 bridgehead atoms. The molecule has 0 amide bonds. The number of nitrogens with one attached hydrogen (secondary N) is 1. The van der Waals surface area contributed by atoms with Gasteiger partial charge in [0.05, 0.1) is 16.8 Å². The fraction of sp³-hybridized carbons (Fsp3) is 0.208. The number of ether oxygens (including phenoxy) is 2. The minimum Gasteiger partial charge on any atom is -0.468 e. The van der Waals surface area contributed by atoms with Crippen LogP contribution in [0.1, 0.15) is 16.8 Å². The Hall–Kier alpha value is -3.91. The predicted molar refractivity (Wildman–Crippen MR) is 122 cm³/mol. The normalized spacial score (nSPS) is 10.8. The molecule has 0 unspecified atom stereocenters. The standard InChI is InChI=1S/C24H24N4O4/c1-17-23-21(25-13-18-8-10-20(11-9-18)31-16-30-2)12-22(29)28(24(23)27-15-26-17)32-14-19-6-4-3-5-7-19/h3-12,15,25H,13-14,16H2,1-2H3. The van der Waals surface area contributed by atoms with Gasteiger partial charge < -0.3 is 19.6 Å². The molecule has 2 aromatic carbocycles. The van der Waals surface area contributed by atoms with E-state index in [9.17, 15) is 4.79 Å². The Morgan fingerprint density at radius 1 is 1.00 bits per heavy atom. The first kappa shape index (κ1) is 21.3. The molecule has 0 aliphatic rings. The van der Waals surface area contributed by atoms with Crippen molar-refractivity contribution >= 4 is 16.7 Å². The molecule has 0 aliphatic heterocycles. The van der Waals surface area contributed by atoms with E-state index in [-0.39, 0.29) is 19.0 Å². The lowest BCUT2D eigenvalue weighted by molar-refractivity contribution is 0.0511. The zero-order valence-corrected chi connectivity index (χ0v) is 17.9. The van der Waals surface area contributed by atoms with Gasteiger partial charge in [-0.25, -0.2) is 9.97 Å². The smallest absolute Gasteiger partial charge is 0.287 e. The third-order valence-corrected chi connectivity index (χ3v) is 4.90. The second-order valence-electron chi connectivity index (χ2n) is 7.16. The zero-order valence-electron chi connectivity index (χ0n) is 17.9. The van der Waals surface area contributed by atoms with Crippen molar-refractivity contribution in [1.29, 1.82) is 0 Å². The van der Waals surface area contributed by atoms with Crippen LogP contribution < -0.4 is 20.5 Å². The Kier molecular flexibility index (Phi) is 6.62. The van der Waals surface area contributed by atoms with Crippen LogP contribution in [0.15, 0.2) is 71.8 Å². The van der Waals surface area contributed by atoms with Gasteiger partial charge in [0.25, 0.3) is 5.56 Å². The van der Waals surface area contributed by atoms with E-state index in [0.717, 1.165) is 28.0 Å². The number of nitrogens with zero attached hydrogens (tertiary/aromatic N) is 3. The van der Waals surface area contributed by atoms with Gasteiger partial charge in [0, 0.05) is 19.7 Å². The molecule has 8 heteroatoms. The van der Waals surface area contributed by atoms with Gasteiger partial charge in [0.2, 0.25) is 0 Å². The summed E-state index contributed by atoms with van der Waals surface area (Å²) >= 11 is 0. The molecule has 164 valence electrons. The van der Waals surface area contributed by atoms with Gasteiger partial charge in [-0.2, -0.15) is 0 Å². The van der Waals surface area contributed by atoms with Crippen LogP contribution in [0.25, 0.3) is 11.0 Å². The summed E-state index contributed by atoms with van der Waals surface area (Å²) in [6.45, 7) is 2.85. The van der Waals surface area contributed by atoms with Crippen molar-refractivity contribution in [2.75, 3.05) is 19.2 Å². The topological polar surface area (TPSA) is 87.5 Å². The lowest BCUT2D eigenvalue weighted by Gasteiger charge is -2.15. The monoisotopic (exact) mass is 432 g/mol. The number of aromatic nitrogens is 3. The molecular formula is C24H24N4O4. The number of pyridine rings is 1. The highest BCUT2D eigenvalue weighted by Crippen LogP contribution is 2.23. The molecule has 0 radical (unpaired) electrons. The van der Waals surface area contributed by atoms with E-state index in [1.165, 1.54) is 17.1 Å². The fourth-order valence-corrected chi connectivity index (χ4v) is 3.29. The van der Waals surface area contributed by atoms with Crippen LogP contribution in [0.3, 0.4) is 0 Å². The Labute approximate surface area is 185 Å². The van der Waals surface area contributed by atoms with Gasteiger partial charge in [-0.3, -0.25) is 4.79 Å². The minimum atomic E-state index is -0.308. The first-order chi connectivity index (χ1) is 15.7. The minimum absolute atomic E-state index is 0.200. The van der Waals surface area contributed by atoms with Gasteiger partial charge in [0.1, 0.15) is 18.7 Å². The van der Waals surface area contributed by atoms with Crippen molar-refractivity contribution in [3.05, 3.63) is 94.2 Å². The third kappa shape index (κ3) is 4.87. The number of rotatable bonds is 9. The molecule has 1 N–H and O–H groups in total. The molecule has 2 heterocycles. The van der Waals surface area contributed by atoms with Crippen molar-refractivity contribution in [1.82, 2.24) is 14.7 Å². The molecule has 4 rings (SSSR count). The van der Waals surface area contributed by atoms with Gasteiger partial charge >= 0.3 is 0 Å². The lowest BCUT2D eigenvalue weighted by Crippen LogP contribution is -2.28. The van der Waals surface area contributed by atoms with E-state index < -0.39 is 0 Å². The van der Waals surface area contributed by atoms with Crippen molar-refractivity contribution in [2.24, 2.45) is 0 Å². The van der Waals surface area contributed by atoms with Gasteiger partial charge in [-0.15, -0.1) is 4.73 Å². The summed E-state index contributed by atoms with van der Waals surface area (Å²) in [6, 6.07) is 18.8. The maximum atomic E-state index is 12.9. The van der Waals surface area contributed by atoms with Crippen LogP contribution in [0.5, 0.6) is 5.75 Å². The van der Waals surface area contributed by atoms with E-state index in [4.69, 9.17) is 14.3 Å². The summed E-state index contributed by atoms with van der Waals surface area (Å²) in [6.07, 6.45) is 1.43. The van der Waals surface area contributed by atoms with Crippen LogP contribution in [0, 0.1) is 6.92 Å². The van der Waals surface area contributed by atoms with Gasteiger partial charge in [-0.05, 0) is 30.2 Å². The highest BCUT2D eigenvalue weighted by Gasteiger charge is 2.14. The quantitative estimate of drug-likeness (QED) is 0.406. The van der Waals surface area contributed by atoms with Gasteiger partial charge in [-0.1, -0.05) is 42.5 Å². The van der Waals surface area contributed by atoms with Crippen LogP contribution in [0.2, 0.25) is 0 Å². The molecule has 0 aliphatic carbocycles. The molecule has 4 aromatic rings. The first-order valence-corrected chi connectivity index (χ1v) is 10.1. The van der Waals surface area contributed by atoms with E-state index in [1.54, 1.807) is 7.11 Å². The second-order valence-corrected chi connectivity index (χ2v) is 7.16. The third-order valence-electron chi connectivity index (χ3n) is 4.90. The molecule has 0 saturated carbocycles. The summed E-state index contributed by atoms with van der Waals surface area (Å²) in [4.78, 5) is 27.3. The molecule has 0 spiro atoms. The predicted octanol–water partition coefficient (Wildman–Crippen LogP) is 3.32. The second kappa shape index (κ2) is 9.93. The summed E-state index contributed by atoms with van der Waals surface area (Å²) in [5.41, 5.74) is 3.50. The molecule has 2 aromatic heterocycles. The number of hydrogen-bond donors (Lipinski definition) is 1. The van der Waals surface area contributed by atoms with Crippen molar-refractivity contribution < 1.29 is 14.3 Å². The summed E-state index contributed by atoms with van der Waals surface area (Å²) in [5, 5.41) is 4.07. The van der Waals surface area contributed by atoms with E-state index >= 15 is 0 Å². The highest BCUT2D eigenvalue weighted by atomic mass is 16.7.